The number of rotatable bonds is 6. The van der Waals surface area contributed by atoms with E-state index in [0.29, 0.717) is 40.3 Å². The number of nitrogen functional groups attached to an aromatic ring is 1. The van der Waals surface area contributed by atoms with Crippen LogP contribution >= 0.6 is 0 Å². The van der Waals surface area contributed by atoms with E-state index in [1.807, 2.05) is 6.92 Å². The summed E-state index contributed by atoms with van der Waals surface area (Å²) in [7, 11) is 0. The molecule has 3 heterocycles. The van der Waals surface area contributed by atoms with Gasteiger partial charge in [0.2, 0.25) is 0 Å². The molecule has 2 amide bonds. The van der Waals surface area contributed by atoms with Crippen LogP contribution in [0.5, 0.6) is 0 Å². The number of anilines is 2. The molecule has 2 unspecified atom stereocenters. The lowest BCUT2D eigenvalue weighted by Crippen LogP contribution is -2.38. The van der Waals surface area contributed by atoms with E-state index in [4.69, 9.17) is 5.73 Å². The molecule has 1 aliphatic rings. The average molecular weight is 517 g/mol. The fraction of sp³-hybridized carbons (Fsp3) is 0.250. The van der Waals surface area contributed by atoms with Crippen LogP contribution in [0.1, 0.15) is 69.2 Å². The molecular formula is C28H29FN6O3. The van der Waals surface area contributed by atoms with E-state index in [0.717, 1.165) is 5.69 Å². The van der Waals surface area contributed by atoms with E-state index in [2.05, 4.69) is 15.4 Å². The number of aliphatic hydroxyl groups excluding tert-OH is 1. The number of nitrogens with one attached hydrogen (secondary N) is 2. The molecule has 5 N–H and O–H groups in total. The summed E-state index contributed by atoms with van der Waals surface area (Å²) in [6, 6.07) is 14.6. The average Bonchev–Trinajstić information content (AvgIpc) is 3.54. The van der Waals surface area contributed by atoms with Gasteiger partial charge in [-0.3, -0.25) is 14.3 Å². The van der Waals surface area contributed by atoms with Gasteiger partial charge in [0.25, 0.3) is 11.8 Å². The van der Waals surface area contributed by atoms with Crippen LogP contribution in [0, 0.1) is 5.82 Å². The predicted molar refractivity (Wildman–Crippen MR) is 141 cm³/mol. The molecule has 0 spiro atoms. The normalized spacial score (nSPS) is 15.7. The summed E-state index contributed by atoms with van der Waals surface area (Å²) in [6.07, 6.45) is 1.01. The van der Waals surface area contributed by atoms with Crippen LogP contribution in [0.4, 0.5) is 15.8 Å². The first kappa shape index (κ1) is 25.2. The minimum Gasteiger partial charge on any atom is -0.398 e. The van der Waals surface area contributed by atoms with Crippen molar-refractivity contribution in [2.24, 2.45) is 0 Å². The summed E-state index contributed by atoms with van der Waals surface area (Å²) in [6.45, 7) is 4.51. The molecule has 10 heteroatoms. The van der Waals surface area contributed by atoms with Crippen LogP contribution in [0.25, 0.3) is 0 Å². The number of carbonyl (C=O) groups excluding carboxylic acids is 2. The maximum absolute atomic E-state index is 13.6. The van der Waals surface area contributed by atoms with Gasteiger partial charge < -0.3 is 26.0 Å². The Labute approximate surface area is 219 Å². The van der Waals surface area contributed by atoms with E-state index in [-0.39, 0.29) is 30.6 Å². The summed E-state index contributed by atoms with van der Waals surface area (Å²) in [5.41, 5.74) is 10.3. The molecule has 2 aromatic heterocycles. The van der Waals surface area contributed by atoms with Crippen molar-refractivity contribution in [2.45, 2.75) is 39.0 Å². The highest BCUT2D eigenvalue weighted by Crippen LogP contribution is 2.33. The number of nitrogens with two attached hydrogens (primary N) is 1. The van der Waals surface area contributed by atoms with E-state index in [9.17, 15) is 19.1 Å². The molecule has 0 saturated carbocycles. The van der Waals surface area contributed by atoms with E-state index in [1.54, 1.807) is 65.2 Å². The van der Waals surface area contributed by atoms with Crippen LogP contribution < -0.4 is 11.1 Å². The number of hydrogen-bond acceptors (Lipinski definition) is 5. The van der Waals surface area contributed by atoms with Gasteiger partial charge in [0, 0.05) is 41.3 Å². The molecule has 0 fully saturated rings. The van der Waals surface area contributed by atoms with Gasteiger partial charge in [0.05, 0.1) is 19.2 Å². The van der Waals surface area contributed by atoms with Crippen LogP contribution in [-0.4, -0.2) is 43.1 Å². The molecule has 38 heavy (non-hydrogen) atoms. The number of carbonyl (C=O) groups is 2. The molecule has 2 aromatic carbocycles. The maximum atomic E-state index is 13.6. The van der Waals surface area contributed by atoms with Gasteiger partial charge in [0.1, 0.15) is 11.5 Å². The monoisotopic (exact) mass is 516 g/mol. The van der Waals surface area contributed by atoms with Crippen molar-refractivity contribution in [3.8, 4) is 0 Å². The minimum absolute atomic E-state index is 0.132. The van der Waals surface area contributed by atoms with Gasteiger partial charge in [-0.25, -0.2) is 4.39 Å². The highest BCUT2D eigenvalue weighted by atomic mass is 19.1. The second kappa shape index (κ2) is 10.1. The standard InChI is InChI=1S/C28H29FN6O3/c1-16-13-34(28(38)24-7-4-10-31-24)15-22-25(27(37)32-21-6-3-5-18(11-21)17(2)36)33-35(26(16)22)14-19-8-9-20(29)12-23(19)30/h3-12,16-17,31,36H,13-15,30H2,1-2H3,(H,32,37). The third kappa shape index (κ3) is 4.90. The van der Waals surface area contributed by atoms with Crippen molar-refractivity contribution in [3.63, 3.8) is 0 Å². The van der Waals surface area contributed by atoms with E-state index in [1.165, 1.54) is 12.1 Å². The predicted octanol–water partition coefficient (Wildman–Crippen LogP) is 4.05. The first-order valence-corrected chi connectivity index (χ1v) is 12.4. The van der Waals surface area contributed by atoms with Gasteiger partial charge in [0.15, 0.2) is 5.69 Å². The van der Waals surface area contributed by atoms with Crippen molar-refractivity contribution < 1.29 is 19.1 Å². The lowest BCUT2D eigenvalue weighted by atomic mass is 9.95. The fourth-order valence-corrected chi connectivity index (χ4v) is 4.92. The zero-order chi connectivity index (χ0) is 27.0. The zero-order valence-corrected chi connectivity index (χ0v) is 21.1. The number of nitrogens with zero attached hydrogens (tertiary/aromatic N) is 3. The summed E-state index contributed by atoms with van der Waals surface area (Å²) in [5.74, 6) is -1.16. The Hall–Kier alpha value is -4.44. The SMILES string of the molecule is CC(O)c1cccc(NC(=O)c2nn(Cc3ccc(F)cc3N)c3c2CN(C(=O)c2ccc[nH]2)CC3C)c1. The second-order valence-corrected chi connectivity index (χ2v) is 9.64. The van der Waals surface area contributed by atoms with Crippen LogP contribution in [-0.2, 0) is 13.1 Å². The highest BCUT2D eigenvalue weighted by molar-refractivity contribution is 6.04. The number of benzene rings is 2. The Bertz CT molecular complexity index is 1490. The van der Waals surface area contributed by atoms with Crippen LogP contribution in [0.2, 0.25) is 0 Å². The summed E-state index contributed by atoms with van der Waals surface area (Å²) >= 11 is 0. The molecule has 2 atom stereocenters. The minimum atomic E-state index is -0.687. The Balaban J connectivity index is 1.53. The topological polar surface area (TPSA) is 129 Å². The lowest BCUT2D eigenvalue weighted by Gasteiger charge is -2.32. The smallest absolute Gasteiger partial charge is 0.276 e. The Morgan fingerprint density at radius 3 is 2.76 bits per heavy atom. The quantitative estimate of drug-likeness (QED) is 0.288. The molecule has 9 nitrogen and oxygen atoms in total. The number of halogens is 1. The van der Waals surface area contributed by atoms with Gasteiger partial charge in [-0.15, -0.1) is 0 Å². The molecule has 1 aliphatic heterocycles. The summed E-state index contributed by atoms with van der Waals surface area (Å²) in [4.78, 5) is 31.3. The maximum Gasteiger partial charge on any atom is 0.276 e. The Morgan fingerprint density at radius 1 is 1.24 bits per heavy atom. The Kier molecular flexibility index (Phi) is 6.73. The van der Waals surface area contributed by atoms with Gasteiger partial charge >= 0.3 is 0 Å². The van der Waals surface area contributed by atoms with Gasteiger partial charge in [-0.1, -0.05) is 25.1 Å². The molecule has 0 aliphatic carbocycles. The summed E-state index contributed by atoms with van der Waals surface area (Å²) in [5, 5.41) is 17.5. The molecule has 5 rings (SSSR count). The number of fused-ring (bicyclic) bond motifs is 1. The molecule has 196 valence electrons. The second-order valence-electron chi connectivity index (χ2n) is 9.64. The number of aliphatic hydroxyl groups is 1. The number of H-pyrrole nitrogens is 1. The fourth-order valence-electron chi connectivity index (χ4n) is 4.92. The molecule has 0 saturated heterocycles. The number of hydrogen-bond donors (Lipinski definition) is 4. The molecule has 0 bridgehead atoms. The third-order valence-electron chi connectivity index (χ3n) is 6.79. The zero-order valence-electron chi connectivity index (χ0n) is 21.1. The van der Waals surface area contributed by atoms with Gasteiger partial charge in [-0.05, 0) is 54.4 Å². The van der Waals surface area contributed by atoms with Crippen molar-refractivity contribution in [2.75, 3.05) is 17.6 Å². The van der Waals surface area contributed by atoms with Crippen molar-refractivity contribution in [3.05, 3.63) is 100 Å². The first-order chi connectivity index (χ1) is 18.2. The van der Waals surface area contributed by atoms with Crippen molar-refractivity contribution >= 4 is 23.2 Å². The number of amides is 2. The third-order valence-corrected chi connectivity index (χ3v) is 6.79. The highest BCUT2D eigenvalue weighted by Gasteiger charge is 2.34. The number of aromatic nitrogens is 3. The molecular weight excluding hydrogens is 487 g/mol. The van der Waals surface area contributed by atoms with E-state index >= 15 is 0 Å². The lowest BCUT2D eigenvalue weighted by molar-refractivity contribution is 0.0711. The Morgan fingerprint density at radius 2 is 2.05 bits per heavy atom. The van der Waals surface area contributed by atoms with Crippen molar-refractivity contribution in [1.29, 1.82) is 0 Å². The molecule has 0 radical (unpaired) electrons. The van der Waals surface area contributed by atoms with Crippen LogP contribution in [0.15, 0.2) is 60.8 Å². The first-order valence-electron chi connectivity index (χ1n) is 12.4. The summed E-state index contributed by atoms with van der Waals surface area (Å²) < 4.78 is 15.4. The number of aromatic amines is 1. The van der Waals surface area contributed by atoms with Crippen LogP contribution in [0.3, 0.4) is 0 Å². The van der Waals surface area contributed by atoms with Gasteiger partial charge in [-0.2, -0.15) is 5.10 Å². The van der Waals surface area contributed by atoms with E-state index < -0.39 is 17.8 Å². The van der Waals surface area contributed by atoms with Crippen molar-refractivity contribution in [1.82, 2.24) is 19.7 Å². The molecule has 4 aromatic rings. The largest absolute Gasteiger partial charge is 0.398 e.